The Kier molecular flexibility index (Phi) is 4.72. The first-order valence-electron chi connectivity index (χ1n) is 6.98. The molecule has 3 nitrogen and oxygen atoms in total. The standard InChI is InChI=1S/C15H24N2O/c1-13-6-5-7-14(17-13)10-16-11-15(12-18)8-3-2-4-9-15/h5-7,16,18H,2-4,8-12H2,1H3. The van der Waals surface area contributed by atoms with Crippen LogP contribution in [-0.4, -0.2) is 23.2 Å². The van der Waals surface area contributed by atoms with Gasteiger partial charge >= 0.3 is 0 Å². The molecular formula is C15H24N2O. The third-order valence-corrected chi connectivity index (χ3v) is 4.00. The highest BCUT2D eigenvalue weighted by molar-refractivity contribution is 5.09. The summed E-state index contributed by atoms with van der Waals surface area (Å²) in [5.41, 5.74) is 2.25. The monoisotopic (exact) mass is 248 g/mol. The summed E-state index contributed by atoms with van der Waals surface area (Å²) in [4.78, 5) is 4.48. The molecule has 1 saturated carbocycles. The first-order chi connectivity index (χ1) is 8.74. The Balaban J connectivity index is 1.83. The molecular weight excluding hydrogens is 224 g/mol. The highest BCUT2D eigenvalue weighted by Gasteiger charge is 2.30. The summed E-state index contributed by atoms with van der Waals surface area (Å²) in [7, 11) is 0. The second kappa shape index (κ2) is 6.30. The maximum absolute atomic E-state index is 9.63. The van der Waals surface area contributed by atoms with Gasteiger partial charge in [-0.2, -0.15) is 0 Å². The van der Waals surface area contributed by atoms with Crippen LogP contribution < -0.4 is 5.32 Å². The third-order valence-electron chi connectivity index (χ3n) is 4.00. The topological polar surface area (TPSA) is 45.1 Å². The van der Waals surface area contributed by atoms with Crippen LogP contribution in [0.2, 0.25) is 0 Å². The highest BCUT2D eigenvalue weighted by Crippen LogP contribution is 2.35. The van der Waals surface area contributed by atoms with Crippen LogP contribution in [0.1, 0.15) is 43.5 Å². The Morgan fingerprint density at radius 3 is 2.72 bits per heavy atom. The SMILES string of the molecule is Cc1cccc(CNCC2(CO)CCCCC2)n1. The molecule has 0 aliphatic heterocycles. The molecule has 1 fully saturated rings. The molecule has 1 heterocycles. The van der Waals surface area contributed by atoms with Crippen LogP contribution in [0, 0.1) is 12.3 Å². The average molecular weight is 248 g/mol. The number of aliphatic hydroxyl groups excluding tert-OH is 1. The Hall–Kier alpha value is -0.930. The molecule has 1 aliphatic rings. The quantitative estimate of drug-likeness (QED) is 0.841. The van der Waals surface area contributed by atoms with Crippen molar-refractivity contribution >= 4 is 0 Å². The first kappa shape index (κ1) is 13.5. The minimum atomic E-state index is 0.113. The number of nitrogens with one attached hydrogen (secondary N) is 1. The lowest BCUT2D eigenvalue weighted by molar-refractivity contribution is 0.0810. The third kappa shape index (κ3) is 3.53. The van der Waals surface area contributed by atoms with Crippen LogP contribution in [0.3, 0.4) is 0 Å². The molecule has 0 bridgehead atoms. The number of hydrogen-bond acceptors (Lipinski definition) is 3. The number of aryl methyl sites for hydroxylation is 1. The molecule has 0 atom stereocenters. The van der Waals surface area contributed by atoms with Gasteiger partial charge in [-0.3, -0.25) is 4.98 Å². The summed E-state index contributed by atoms with van der Waals surface area (Å²) < 4.78 is 0. The van der Waals surface area contributed by atoms with Crippen LogP contribution >= 0.6 is 0 Å². The average Bonchev–Trinajstić information content (AvgIpc) is 2.40. The smallest absolute Gasteiger partial charge is 0.0544 e. The van der Waals surface area contributed by atoms with Crippen molar-refractivity contribution in [3.8, 4) is 0 Å². The molecule has 3 heteroatoms. The summed E-state index contributed by atoms with van der Waals surface area (Å²) in [6.07, 6.45) is 6.13. The van der Waals surface area contributed by atoms with Gasteiger partial charge in [0, 0.05) is 30.8 Å². The normalized spacial score (nSPS) is 18.8. The molecule has 1 aromatic heterocycles. The largest absolute Gasteiger partial charge is 0.396 e. The van der Waals surface area contributed by atoms with Gasteiger partial charge in [-0.1, -0.05) is 25.3 Å². The Morgan fingerprint density at radius 1 is 1.28 bits per heavy atom. The molecule has 1 aromatic rings. The lowest BCUT2D eigenvalue weighted by Crippen LogP contribution is -2.38. The molecule has 2 N–H and O–H groups in total. The minimum Gasteiger partial charge on any atom is -0.396 e. The van der Waals surface area contributed by atoms with Gasteiger partial charge in [-0.15, -0.1) is 0 Å². The van der Waals surface area contributed by atoms with Gasteiger partial charge in [0.15, 0.2) is 0 Å². The molecule has 1 aliphatic carbocycles. The zero-order valence-electron chi connectivity index (χ0n) is 11.3. The van der Waals surface area contributed by atoms with Crippen LogP contribution in [-0.2, 0) is 6.54 Å². The summed E-state index contributed by atoms with van der Waals surface area (Å²) in [5.74, 6) is 0. The van der Waals surface area contributed by atoms with Crippen molar-refractivity contribution in [1.82, 2.24) is 10.3 Å². The van der Waals surface area contributed by atoms with Crippen molar-refractivity contribution in [2.24, 2.45) is 5.41 Å². The maximum Gasteiger partial charge on any atom is 0.0544 e. The fraction of sp³-hybridized carbons (Fsp3) is 0.667. The zero-order chi connectivity index (χ0) is 12.8. The van der Waals surface area contributed by atoms with Crippen molar-refractivity contribution in [3.63, 3.8) is 0 Å². The molecule has 0 saturated heterocycles. The van der Waals surface area contributed by atoms with Crippen LogP contribution in [0.5, 0.6) is 0 Å². The van der Waals surface area contributed by atoms with Crippen LogP contribution in [0.25, 0.3) is 0 Å². The second-order valence-corrected chi connectivity index (χ2v) is 5.59. The molecule has 2 rings (SSSR count). The van der Waals surface area contributed by atoms with Crippen LogP contribution in [0.4, 0.5) is 0 Å². The first-order valence-corrected chi connectivity index (χ1v) is 6.98. The summed E-state index contributed by atoms with van der Waals surface area (Å²) in [6.45, 7) is 4.02. The van der Waals surface area contributed by atoms with Gasteiger partial charge in [0.1, 0.15) is 0 Å². The van der Waals surface area contributed by atoms with E-state index < -0.39 is 0 Å². The van der Waals surface area contributed by atoms with Crippen molar-refractivity contribution in [2.75, 3.05) is 13.2 Å². The zero-order valence-corrected chi connectivity index (χ0v) is 11.3. The second-order valence-electron chi connectivity index (χ2n) is 5.59. The van der Waals surface area contributed by atoms with Gasteiger partial charge in [0.05, 0.1) is 5.69 Å². The molecule has 0 unspecified atom stereocenters. The van der Waals surface area contributed by atoms with Gasteiger partial charge in [-0.25, -0.2) is 0 Å². The summed E-state index contributed by atoms with van der Waals surface area (Å²) in [5, 5.41) is 13.1. The fourth-order valence-electron chi connectivity index (χ4n) is 2.85. The minimum absolute atomic E-state index is 0.113. The molecule has 0 aromatic carbocycles. The predicted molar refractivity (Wildman–Crippen MR) is 73.3 cm³/mol. The molecule has 0 radical (unpaired) electrons. The van der Waals surface area contributed by atoms with E-state index in [0.29, 0.717) is 6.61 Å². The summed E-state index contributed by atoms with van der Waals surface area (Å²) in [6, 6.07) is 6.11. The lowest BCUT2D eigenvalue weighted by Gasteiger charge is -2.35. The Labute approximate surface area is 110 Å². The number of aromatic nitrogens is 1. The van der Waals surface area contributed by atoms with E-state index in [0.717, 1.165) is 37.3 Å². The van der Waals surface area contributed by atoms with Gasteiger partial charge in [0.2, 0.25) is 0 Å². The molecule has 18 heavy (non-hydrogen) atoms. The van der Waals surface area contributed by atoms with Gasteiger partial charge in [-0.05, 0) is 31.9 Å². The van der Waals surface area contributed by atoms with E-state index in [1.165, 1.54) is 19.3 Å². The van der Waals surface area contributed by atoms with E-state index in [-0.39, 0.29) is 5.41 Å². The van der Waals surface area contributed by atoms with E-state index in [9.17, 15) is 5.11 Å². The summed E-state index contributed by atoms with van der Waals surface area (Å²) >= 11 is 0. The van der Waals surface area contributed by atoms with E-state index in [1.54, 1.807) is 0 Å². The number of hydrogen-bond donors (Lipinski definition) is 2. The lowest BCUT2D eigenvalue weighted by atomic mass is 9.74. The van der Waals surface area contributed by atoms with Crippen molar-refractivity contribution in [1.29, 1.82) is 0 Å². The Morgan fingerprint density at radius 2 is 2.06 bits per heavy atom. The van der Waals surface area contributed by atoms with Crippen molar-refractivity contribution in [2.45, 2.75) is 45.6 Å². The van der Waals surface area contributed by atoms with E-state index in [2.05, 4.69) is 10.3 Å². The van der Waals surface area contributed by atoms with Gasteiger partial charge < -0.3 is 10.4 Å². The van der Waals surface area contributed by atoms with Gasteiger partial charge in [0.25, 0.3) is 0 Å². The van der Waals surface area contributed by atoms with E-state index in [4.69, 9.17) is 0 Å². The van der Waals surface area contributed by atoms with E-state index in [1.807, 2.05) is 25.1 Å². The predicted octanol–water partition coefficient (Wildman–Crippen LogP) is 2.42. The number of pyridine rings is 1. The number of nitrogens with zero attached hydrogens (tertiary/aromatic N) is 1. The Bertz CT molecular complexity index is 373. The fourth-order valence-corrected chi connectivity index (χ4v) is 2.85. The van der Waals surface area contributed by atoms with E-state index >= 15 is 0 Å². The van der Waals surface area contributed by atoms with Crippen LogP contribution in [0.15, 0.2) is 18.2 Å². The molecule has 0 spiro atoms. The maximum atomic E-state index is 9.63. The number of rotatable bonds is 5. The number of aliphatic hydroxyl groups is 1. The van der Waals surface area contributed by atoms with Crippen molar-refractivity contribution in [3.05, 3.63) is 29.6 Å². The molecule has 100 valence electrons. The molecule has 0 amide bonds. The van der Waals surface area contributed by atoms with Crippen molar-refractivity contribution < 1.29 is 5.11 Å². The highest BCUT2D eigenvalue weighted by atomic mass is 16.3.